The largest absolute Gasteiger partial charge is 0.338 e. The molecule has 1 aliphatic rings. The quantitative estimate of drug-likeness (QED) is 0.440. The summed E-state index contributed by atoms with van der Waals surface area (Å²) in [6, 6.07) is 18.6. The monoisotopic (exact) mass is 457 g/mol. The Kier molecular flexibility index (Phi) is 9.54. The molecule has 168 valence electrons. The van der Waals surface area contributed by atoms with Crippen molar-refractivity contribution in [2.45, 2.75) is 38.6 Å². The first-order chi connectivity index (χ1) is 15.5. The lowest BCUT2D eigenvalue weighted by atomic mass is 9.91. The first-order valence-corrected chi connectivity index (χ1v) is 10.5. The summed E-state index contributed by atoms with van der Waals surface area (Å²) in [4.78, 5) is 18.3. The summed E-state index contributed by atoms with van der Waals surface area (Å²) in [6.07, 6.45) is 3.58. The Labute approximate surface area is 192 Å². The highest BCUT2D eigenvalue weighted by Crippen LogP contribution is 2.39. The molecule has 0 radical (unpaired) electrons. The summed E-state index contributed by atoms with van der Waals surface area (Å²) in [5.74, 6) is -0.615. The topological polar surface area (TPSA) is 37.4 Å². The highest BCUT2D eigenvalue weighted by molar-refractivity contribution is 6.30. The van der Waals surface area contributed by atoms with Crippen molar-refractivity contribution in [2.75, 3.05) is 4.90 Å². The van der Waals surface area contributed by atoms with Gasteiger partial charge >= 0.3 is 0 Å². The van der Waals surface area contributed by atoms with Crippen LogP contribution in [0, 0.1) is 18.6 Å². The van der Waals surface area contributed by atoms with Gasteiger partial charge in [-0.05, 0) is 80.1 Å². The molecule has 1 unspecified atom stereocenters. The minimum absolute atomic E-state index is 0.156. The zero-order valence-corrected chi connectivity index (χ0v) is 18.7. The molecule has 32 heavy (non-hydrogen) atoms. The number of benzene rings is 3. The van der Waals surface area contributed by atoms with Crippen LogP contribution in [0.2, 0.25) is 5.02 Å². The summed E-state index contributed by atoms with van der Waals surface area (Å²) in [6.45, 7) is 6.06. The van der Waals surface area contributed by atoms with E-state index in [-0.39, 0.29) is 16.9 Å². The summed E-state index contributed by atoms with van der Waals surface area (Å²) in [5.41, 5.74) is 5.39. The van der Waals surface area contributed by atoms with Crippen LogP contribution in [-0.2, 0) is 22.4 Å². The maximum atomic E-state index is 14.0. The van der Waals surface area contributed by atoms with E-state index in [1.165, 1.54) is 23.3 Å². The maximum Gasteiger partial charge on any atom is 0.141 e. The van der Waals surface area contributed by atoms with Gasteiger partial charge in [-0.25, -0.2) is 8.78 Å². The summed E-state index contributed by atoms with van der Waals surface area (Å²) in [5, 5.41) is 0.156. The summed E-state index contributed by atoms with van der Waals surface area (Å²) in [7, 11) is 0. The van der Waals surface area contributed by atoms with E-state index < -0.39 is 5.82 Å². The molecule has 0 N–H and O–H groups in total. The number of rotatable bonds is 4. The predicted molar refractivity (Wildman–Crippen MR) is 126 cm³/mol. The van der Waals surface area contributed by atoms with Crippen LogP contribution in [0.15, 0.2) is 60.7 Å². The van der Waals surface area contributed by atoms with Gasteiger partial charge in [0.2, 0.25) is 0 Å². The minimum Gasteiger partial charge on any atom is -0.338 e. The second-order valence-corrected chi connectivity index (χ2v) is 7.87. The molecule has 0 saturated carbocycles. The van der Waals surface area contributed by atoms with E-state index >= 15 is 0 Å². The fourth-order valence-electron chi connectivity index (χ4n) is 3.98. The number of nitrogens with zero attached hydrogens (tertiary/aromatic N) is 1. The highest BCUT2D eigenvalue weighted by Gasteiger charge is 2.27. The van der Waals surface area contributed by atoms with Gasteiger partial charge in [-0.3, -0.25) is 0 Å². The Hall–Kier alpha value is -3.05. The van der Waals surface area contributed by atoms with Crippen LogP contribution in [0.4, 0.5) is 20.2 Å². The number of carbonyl (C=O) groups excluding carboxylic acids is 2. The van der Waals surface area contributed by atoms with Gasteiger partial charge in [0.1, 0.15) is 25.2 Å². The fraction of sp³-hybridized carbons (Fsp3) is 0.231. The van der Waals surface area contributed by atoms with Gasteiger partial charge < -0.3 is 14.5 Å². The first-order valence-electron chi connectivity index (χ1n) is 10.2. The maximum absolute atomic E-state index is 14.0. The molecule has 1 heterocycles. The molecule has 0 bridgehead atoms. The van der Waals surface area contributed by atoms with Crippen LogP contribution in [0.1, 0.15) is 29.5 Å². The van der Waals surface area contributed by atoms with Crippen LogP contribution in [0.25, 0.3) is 0 Å². The molecule has 0 aliphatic carbocycles. The van der Waals surface area contributed by atoms with Gasteiger partial charge in [0.05, 0.1) is 5.02 Å². The Morgan fingerprint density at radius 3 is 2.31 bits per heavy atom. The van der Waals surface area contributed by atoms with Crippen molar-refractivity contribution in [1.29, 1.82) is 0 Å². The molecule has 0 amide bonds. The van der Waals surface area contributed by atoms with E-state index in [1.54, 1.807) is 18.2 Å². The first kappa shape index (κ1) is 25.2. The van der Waals surface area contributed by atoms with Crippen LogP contribution in [-0.4, -0.2) is 19.6 Å². The highest BCUT2D eigenvalue weighted by atomic mass is 35.5. The van der Waals surface area contributed by atoms with E-state index in [9.17, 15) is 8.78 Å². The normalized spacial score (nSPS) is 14.4. The lowest BCUT2D eigenvalue weighted by molar-refractivity contribution is -0.0987. The van der Waals surface area contributed by atoms with Crippen LogP contribution in [0.3, 0.4) is 0 Å². The average molecular weight is 458 g/mol. The van der Waals surface area contributed by atoms with Crippen molar-refractivity contribution in [3.63, 3.8) is 0 Å². The molecule has 0 aromatic heterocycles. The van der Waals surface area contributed by atoms with Crippen LogP contribution < -0.4 is 4.90 Å². The standard InChI is InChI=1S/C24H22ClF2N.2CH2O/c1-16-2-9-20(10-3-16)28-21(11-4-17-5-13-23(27)22(25)14-17)12-7-18-6-8-19(26)15-24(18)28;2*1-2/h2-3,5-6,8-10,13-15,21H,4,7,11-12H2,1H3;2*1H2. The van der Waals surface area contributed by atoms with Gasteiger partial charge in [0.25, 0.3) is 0 Å². The van der Waals surface area contributed by atoms with Gasteiger partial charge in [-0.15, -0.1) is 0 Å². The molecule has 1 aliphatic heterocycles. The predicted octanol–water partition coefficient (Wildman–Crippen LogP) is 6.64. The van der Waals surface area contributed by atoms with Crippen molar-refractivity contribution >= 4 is 36.6 Å². The number of aryl methyl sites for hydroxylation is 3. The number of anilines is 2. The molecular formula is C26H26ClF2NO2. The fourth-order valence-corrected chi connectivity index (χ4v) is 4.18. The number of hydrogen-bond donors (Lipinski definition) is 0. The third kappa shape index (κ3) is 6.01. The Morgan fingerprint density at radius 1 is 0.969 bits per heavy atom. The number of hydrogen-bond acceptors (Lipinski definition) is 3. The van der Waals surface area contributed by atoms with E-state index in [4.69, 9.17) is 21.2 Å². The van der Waals surface area contributed by atoms with Crippen molar-refractivity contribution < 1.29 is 18.4 Å². The summed E-state index contributed by atoms with van der Waals surface area (Å²) >= 11 is 5.93. The van der Waals surface area contributed by atoms with Gasteiger partial charge in [-0.1, -0.05) is 41.4 Å². The minimum atomic E-state index is -0.395. The molecule has 3 aromatic carbocycles. The number of halogens is 3. The van der Waals surface area contributed by atoms with E-state index in [0.29, 0.717) is 0 Å². The van der Waals surface area contributed by atoms with Gasteiger partial charge in [-0.2, -0.15) is 0 Å². The van der Waals surface area contributed by atoms with Gasteiger partial charge in [0.15, 0.2) is 0 Å². The average Bonchev–Trinajstić information content (AvgIpc) is 2.82. The zero-order valence-electron chi connectivity index (χ0n) is 18.0. The molecule has 6 heteroatoms. The van der Waals surface area contributed by atoms with E-state index in [0.717, 1.165) is 42.6 Å². The summed E-state index contributed by atoms with van der Waals surface area (Å²) < 4.78 is 27.5. The second kappa shape index (κ2) is 12.1. The van der Waals surface area contributed by atoms with Crippen LogP contribution in [0.5, 0.6) is 0 Å². The van der Waals surface area contributed by atoms with Gasteiger partial charge in [0, 0.05) is 17.4 Å². The SMILES string of the molecule is C=O.C=O.Cc1ccc(N2c3cc(F)ccc3CCC2CCc2ccc(F)c(Cl)c2)cc1. The van der Waals surface area contributed by atoms with Crippen molar-refractivity contribution in [3.8, 4) is 0 Å². The smallest absolute Gasteiger partial charge is 0.141 e. The third-order valence-corrected chi connectivity index (χ3v) is 5.77. The van der Waals surface area contributed by atoms with Crippen molar-refractivity contribution in [2.24, 2.45) is 0 Å². The van der Waals surface area contributed by atoms with E-state index in [2.05, 4.69) is 36.1 Å². The lowest BCUT2D eigenvalue weighted by Gasteiger charge is -2.39. The molecule has 3 aromatic rings. The Balaban J connectivity index is 0.000000860. The van der Waals surface area contributed by atoms with Crippen LogP contribution >= 0.6 is 11.6 Å². The molecule has 0 saturated heterocycles. The lowest BCUT2D eigenvalue weighted by Crippen LogP contribution is -2.36. The second-order valence-electron chi connectivity index (χ2n) is 7.46. The molecule has 4 rings (SSSR count). The Morgan fingerprint density at radius 2 is 1.66 bits per heavy atom. The van der Waals surface area contributed by atoms with E-state index in [1.807, 2.05) is 19.6 Å². The molecule has 1 atom stereocenters. The van der Waals surface area contributed by atoms with Crippen molar-refractivity contribution in [3.05, 3.63) is 94.0 Å². The van der Waals surface area contributed by atoms with Crippen molar-refractivity contribution in [1.82, 2.24) is 0 Å². The molecule has 3 nitrogen and oxygen atoms in total. The Bertz CT molecular complexity index is 1020. The zero-order chi connectivity index (χ0) is 23.7. The molecule has 0 spiro atoms. The third-order valence-electron chi connectivity index (χ3n) is 5.48. The molecule has 0 fully saturated rings. The number of carbonyl (C=O) groups is 2. The number of fused-ring (bicyclic) bond motifs is 1. The molecular weight excluding hydrogens is 432 g/mol.